The molecule has 2 heterocycles. The molecule has 0 aromatic heterocycles. The molecule has 0 bridgehead atoms. The number of aliphatic hydroxyl groups is 1. The molecule has 3 aliphatic rings. The number of amidine groups is 1. The van der Waals surface area contributed by atoms with E-state index in [1.165, 1.54) is 6.34 Å². The third-order valence-electron chi connectivity index (χ3n) is 3.34. The molecular formula is C10H13Cl2N5O. The third-order valence-corrected chi connectivity index (χ3v) is 3.61. The SMILES string of the molecule is Cl.NC1([C@H]2CC[C@@H](O)C2)N=C(Cl)C2=NC=NC2=N1. The van der Waals surface area contributed by atoms with Gasteiger partial charge in [0, 0.05) is 5.92 Å². The van der Waals surface area contributed by atoms with Crippen molar-refractivity contribution in [2.75, 3.05) is 0 Å². The van der Waals surface area contributed by atoms with Gasteiger partial charge in [-0.1, -0.05) is 11.6 Å². The van der Waals surface area contributed by atoms with Gasteiger partial charge in [-0.3, -0.25) is 5.73 Å². The molecule has 18 heavy (non-hydrogen) atoms. The van der Waals surface area contributed by atoms with Gasteiger partial charge < -0.3 is 5.11 Å². The first-order valence-corrected chi connectivity index (χ1v) is 5.89. The normalized spacial score (nSPS) is 37.6. The average Bonchev–Trinajstić information content (AvgIpc) is 2.86. The van der Waals surface area contributed by atoms with Crippen molar-refractivity contribution in [2.45, 2.75) is 31.2 Å². The lowest BCUT2D eigenvalue weighted by molar-refractivity contribution is 0.167. The van der Waals surface area contributed by atoms with Crippen molar-refractivity contribution in [2.24, 2.45) is 31.6 Å². The van der Waals surface area contributed by atoms with Crippen LogP contribution in [-0.2, 0) is 0 Å². The Morgan fingerprint density at radius 1 is 1.39 bits per heavy atom. The van der Waals surface area contributed by atoms with Crippen molar-refractivity contribution in [3.63, 3.8) is 0 Å². The fourth-order valence-corrected chi connectivity index (χ4v) is 2.69. The number of hydrogen-bond donors (Lipinski definition) is 2. The Morgan fingerprint density at radius 3 is 2.83 bits per heavy atom. The first kappa shape index (κ1) is 13.6. The highest BCUT2D eigenvalue weighted by Crippen LogP contribution is 2.36. The molecule has 0 saturated heterocycles. The Balaban J connectivity index is 0.00000120. The Morgan fingerprint density at radius 2 is 2.17 bits per heavy atom. The summed E-state index contributed by atoms with van der Waals surface area (Å²) < 4.78 is 0. The average molecular weight is 290 g/mol. The van der Waals surface area contributed by atoms with Crippen LogP contribution in [0.2, 0.25) is 0 Å². The zero-order valence-corrected chi connectivity index (χ0v) is 11.0. The fourth-order valence-electron chi connectivity index (χ4n) is 2.42. The van der Waals surface area contributed by atoms with E-state index in [1.54, 1.807) is 0 Å². The van der Waals surface area contributed by atoms with Crippen LogP contribution < -0.4 is 5.73 Å². The van der Waals surface area contributed by atoms with E-state index in [2.05, 4.69) is 20.0 Å². The molecule has 0 radical (unpaired) electrons. The second-order valence-electron chi connectivity index (χ2n) is 4.51. The fraction of sp³-hybridized carbons (Fsp3) is 0.600. The lowest BCUT2D eigenvalue weighted by Gasteiger charge is -2.30. The summed E-state index contributed by atoms with van der Waals surface area (Å²) in [5, 5.41) is 9.81. The molecule has 6 nitrogen and oxygen atoms in total. The molecule has 3 N–H and O–H groups in total. The van der Waals surface area contributed by atoms with Crippen molar-refractivity contribution in [3.05, 3.63) is 0 Å². The number of nitrogens with zero attached hydrogens (tertiary/aromatic N) is 4. The second-order valence-corrected chi connectivity index (χ2v) is 4.87. The molecule has 0 amide bonds. The maximum absolute atomic E-state index is 9.56. The number of nitrogens with two attached hydrogens (primary N) is 1. The maximum Gasteiger partial charge on any atom is 0.209 e. The number of aliphatic imine (C=N–C) groups is 4. The first-order valence-electron chi connectivity index (χ1n) is 5.52. The van der Waals surface area contributed by atoms with Crippen molar-refractivity contribution >= 4 is 47.1 Å². The minimum absolute atomic E-state index is 0. The lowest BCUT2D eigenvalue weighted by Crippen LogP contribution is -2.48. The summed E-state index contributed by atoms with van der Waals surface area (Å²) in [5.41, 5.74) is 6.65. The smallest absolute Gasteiger partial charge is 0.209 e. The summed E-state index contributed by atoms with van der Waals surface area (Å²) in [6.45, 7) is 0. The third kappa shape index (κ3) is 2.09. The molecule has 0 spiro atoms. The molecule has 8 heteroatoms. The van der Waals surface area contributed by atoms with Crippen LogP contribution in [0.1, 0.15) is 19.3 Å². The van der Waals surface area contributed by atoms with Crippen LogP contribution in [0.4, 0.5) is 0 Å². The molecule has 3 atom stereocenters. The van der Waals surface area contributed by atoms with Gasteiger partial charge in [0.25, 0.3) is 0 Å². The first-order chi connectivity index (χ1) is 8.08. The number of fused-ring (bicyclic) bond motifs is 1. The highest BCUT2D eigenvalue weighted by atomic mass is 35.5. The van der Waals surface area contributed by atoms with E-state index in [1.807, 2.05) is 0 Å². The molecule has 0 aromatic carbocycles. The highest BCUT2D eigenvalue weighted by Gasteiger charge is 2.43. The van der Waals surface area contributed by atoms with Gasteiger partial charge in [0.15, 0.2) is 11.0 Å². The summed E-state index contributed by atoms with van der Waals surface area (Å²) in [5.74, 6) is -0.671. The van der Waals surface area contributed by atoms with E-state index in [0.717, 1.165) is 12.8 Å². The van der Waals surface area contributed by atoms with Gasteiger partial charge in [0.05, 0.1) is 6.10 Å². The minimum Gasteiger partial charge on any atom is -0.393 e. The standard InChI is InChI=1S/C10H12ClN5O.ClH/c11-8-7-9(14-4-13-7)16-10(12,15-8)5-1-2-6(17)3-5;/h4-6,17H,1-3,12H2;1H/t5-,6+,10?;/m0./s1. The summed E-state index contributed by atoms with van der Waals surface area (Å²) >= 11 is 6.03. The van der Waals surface area contributed by atoms with Gasteiger partial charge in [-0.2, -0.15) is 0 Å². The van der Waals surface area contributed by atoms with Gasteiger partial charge in [0.2, 0.25) is 5.79 Å². The van der Waals surface area contributed by atoms with Gasteiger partial charge in [-0.15, -0.1) is 12.4 Å². The quantitative estimate of drug-likeness (QED) is 0.744. The molecule has 98 valence electrons. The zero-order valence-electron chi connectivity index (χ0n) is 9.45. The number of rotatable bonds is 1. The van der Waals surface area contributed by atoms with Gasteiger partial charge in [0.1, 0.15) is 12.1 Å². The zero-order chi connectivity index (χ0) is 12.0. The van der Waals surface area contributed by atoms with E-state index in [9.17, 15) is 5.11 Å². The van der Waals surface area contributed by atoms with Crippen LogP contribution in [-0.4, -0.2) is 40.1 Å². The van der Waals surface area contributed by atoms with Gasteiger partial charge in [-0.05, 0) is 19.3 Å². The maximum atomic E-state index is 9.56. The molecular weight excluding hydrogens is 277 g/mol. The Kier molecular flexibility index (Phi) is 3.55. The van der Waals surface area contributed by atoms with Crippen LogP contribution in [0.15, 0.2) is 20.0 Å². The molecule has 1 aliphatic carbocycles. The largest absolute Gasteiger partial charge is 0.393 e. The van der Waals surface area contributed by atoms with Crippen LogP contribution in [0.25, 0.3) is 0 Å². The summed E-state index contributed by atoms with van der Waals surface area (Å²) in [6.07, 6.45) is 3.18. The van der Waals surface area contributed by atoms with Crippen molar-refractivity contribution < 1.29 is 5.11 Å². The Labute approximate surface area is 115 Å². The predicted molar refractivity (Wildman–Crippen MR) is 74.2 cm³/mol. The summed E-state index contributed by atoms with van der Waals surface area (Å²) in [4.78, 5) is 16.5. The highest BCUT2D eigenvalue weighted by molar-refractivity contribution is 6.94. The van der Waals surface area contributed by atoms with Crippen molar-refractivity contribution in [1.29, 1.82) is 0 Å². The van der Waals surface area contributed by atoms with Crippen LogP contribution >= 0.6 is 24.0 Å². The second kappa shape index (κ2) is 4.70. The number of aliphatic hydroxyl groups excluding tert-OH is 1. The topological polar surface area (TPSA) is 95.7 Å². The van der Waals surface area contributed by atoms with Crippen LogP contribution in [0, 0.1) is 5.92 Å². The molecule has 1 unspecified atom stereocenters. The minimum atomic E-state index is -1.11. The molecule has 2 aliphatic heterocycles. The number of hydrogen-bond acceptors (Lipinski definition) is 6. The van der Waals surface area contributed by atoms with Crippen LogP contribution in [0.3, 0.4) is 0 Å². The summed E-state index contributed by atoms with van der Waals surface area (Å²) in [7, 11) is 0. The Bertz CT molecular complexity index is 487. The van der Waals surface area contributed by atoms with Crippen molar-refractivity contribution in [1.82, 2.24) is 0 Å². The van der Waals surface area contributed by atoms with Crippen LogP contribution in [0.5, 0.6) is 0 Å². The van der Waals surface area contributed by atoms with Crippen molar-refractivity contribution in [3.8, 4) is 0 Å². The lowest BCUT2D eigenvalue weighted by atomic mass is 9.99. The van der Waals surface area contributed by atoms with E-state index in [0.29, 0.717) is 18.0 Å². The van der Waals surface area contributed by atoms with E-state index < -0.39 is 5.79 Å². The van der Waals surface area contributed by atoms with E-state index in [4.69, 9.17) is 17.3 Å². The van der Waals surface area contributed by atoms with Gasteiger partial charge >= 0.3 is 0 Å². The molecule has 1 saturated carbocycles. The molecule has 3 rings (SSSR count). The summed E-state index contributed by atoms with van der Waals surface area (Å²) in [6, 6.07) is 0. The monoisotopic (exact) mass is 289 g/mol. The van der Waals surface area contributed by atoms with E-state index in [-0.39, 0.29) is 29.6 Å². The van der Waals surface area contributed by atoms with Gasteiger partial charge in [-0.25, -0.2) is 20.0 Å². The molecule has 0 aromatic rings. The van der Waals surface area contributed by atoms with E-state index >= 15 is 0 Å². The number of halogens is 2. The Hall–Kier alpha value is -0.820. The predicted octanol–water partition coefficient (Wildman–Crippen LogP) is 0.714. The molecule has 1 fully saturated rings.